The first-order valence-corrected chi connectivity index (χ1v) is 8.60. The third-order valence-corrected chi connectivity index (χ3v) is 4.09. The van der Waals surface area contributed by atoms with Crippen LogP contribution in [0.4, 0.5) is 0 Å². The number of rotatable bonds is 5. The molecule has 142 valence electrons. The number of amides is 1. The molecule has 2 aromatic carbocycles. The summed E-state index contributed by atoms with van der Waals surface area (Å²) in [4.78, 5) is 24.6. The van der Waals surface area contributed by atoms with Crippen molar-refractivity contribution in [2.75, 3.05) is 14.2 Å². The molecule has 1 N–H and O–H groups in total. The van der Waals surface area contributed by atoms with Gasteiger partial charge >= 0.3 is 5.97 Å². The maximum atomic E-state index is 12.5. The van der Waals surface area contributed by atoms with Crippen molar-refractivity contribution in [3.63, 3.8) is 0 Å². The fourth-order valence-corrected chi connectivity index (χ4v) is 2.44. The zero-order chi connectivity index (χ0) is 20.0. The van der Waals surface area contributed by atoms with Crippen LogP contribution in [0.2, 0.25) is 0 Å². The number of carbonyl (C=O) groups excluding carboxylic acids is 2. The summed E-state index contributed by atoms with van der Waals surface area (Å²) in [6.45, 7) is 6.32. The third kappa shape index (κ3) is 5.45. The Balaban J connectivity index is 2.23. The predicted octanol–water partition coefficient (Wildman–Crippen LogP) is 3.94. The SMILES string of the molecule is COC(=O)/C(=C/c1ccc(OC)cc1)NC(=O)c1ccc(C(C)(C)C)cc1. The highest BCUT2D eigenvalue weighted by Gasteiger charge is 2.17. The number of hydrogen-bond acceptors (Lipinski definition) is 4. The molecular formula is C22H25NO4. The minimum Gasteiger partial charge on any atom is -0.497 e. The van der Waals surface area contributed by atoms with Gasteiger partial charge in [-0.05, 0) is 46.9 Å². The zero-order valence-electron chi connectivity index (χ0n) is 16.3. The molecule has 0 saturated carbocycles. The van der Waals surface area contributed by atoms with Gasteiger partial charge in [-0.15, -0.1) is 0 Å². The molecule has 0 fully saturated rings. The lowest BCUT2D eigenvalue weighted by Gasteiger charge is -2.19. The number of hydrogen-bond donors (Lipinski definition) is 1. The number of esters is 1. The van der Waals surface area contributed by atoms with Crippen molar-refractivity contribution in [1.29, 1.82) is 0 Å². The maximum absolute atomic E-state index is 12.5. The molecule has 0 spiro atoms. The standard InChI is InChI=1S/C22H25NO4/c1-22(2,3)17-10-8-16(9-11-17)20(24)23-19(21(25)27-5)14-15-6-12-18(26-4)13-7-15/h6-14H,1-5H3,(H,23,24)/b19-14-. The molecule has 0 aromatic heterocycles. The summed E-state index contributed by atoms with van der Waals surface area (Å²) in [5, 5.41) is 2.64. The van der Waals surface area contributed by atoms with Gasteiger partial charge in [0, 0.05) is 5.56 Å². The van der Waals surface area contributed by atoms with E-state index in [1.165, 1.54) is 7.11 Å². The summed E-state index contributed by atoms with van der Waals surface area (Å²) in [6.07, 6.45) is 1.56. The van der Waals surface area contributed by atoms with Gasteiger partial charge in [0.15, 0.2) is 0 Å². The van der Waals surface area contributed by atoms with E-state index >= 15 is 0 Å². The topological polar surface area (TPSA) is 64.6 Å². The van der Waals surface area contributed by atoms with Crippen LogP contribution in [0.1, 0.15) is 42.3 Å². The summed E-state index contributed by atoms with van der Waals surface area (Å²) in [5.74, 6) is -0.291. The average Bonchev–Trinajstić information content (AvgIpc) is 2.66. The lowest BCUT2D eigenvalue weighted by molar-refractivity contribution is -0.136. The lowest BCUT2D eigenvalue weighted by Crippen LogP contribution is -2.28. The Bertz CT molecular complexity index is 828. The number of nitrogens with one attached hydrogen (secondary N) is 1. The van der Waals surface area contributed by atoms with E-state index in [2.05, 4.69) is 26.1 Å². The third-order valence-electron chi connectivity index (χ3n) is 4.09. The molecule has 0 radical (unpaired) electrons. The van der Waals surface area contributed by atoms with E-state index in [-0.39, 0.29) is 17.0 Å². The second-order valence-corrected chi connectivity index (χ2v) is 7.10. The molecule has 0 bridgehead atoms. The average molecular weight is 367 g/mol. The van der Waals surface area contributed by atoms with Crippen LogP contribution in [-0.2, 0) is 14.9 Å². The minimum atomic E-state index is -0.620. The van der Waals surface area contributed by atoms with Crippen molar-refractivity contribution >= 4 is 18.0 Å². The quantitative estimate of drug-likeness (QED) is 0.642. The zero-order valence-corrected chi connectivity index (χ0v) is 16.3. The molecule has 1 amide bonds. The van der Waals surface area contributed by atoms with Crippen LogP contribution in [-0.4, -0.2) is 26.1 Å². The highest BCUT2D eigenvalue weighted by Crippen LogP contribution is 2.22. The van der Waals surface area contributed by atoms with Crippen molar-refractivity contribution in [1.82, 2.24) is 5.32 Å². The first kappa shape index (κ1) is 20.2. The highest BCUT2D eigenvalue weighted by molar-refractivity contribution is 6.03. The molecule has 27 heavy (non-hydrogen) atoms. The molecule has 2 rings (SSSR count). The predicted molar refractivity (Wildman–Crippen MR) is 106 cm³/mol. The second kappa shape index (κ2) is 8.54. The smallest absolute Gasteiger partial charge is 0.354 e. The van der Waals surface area contributed by atoms with Crippen LogP contribution in [0.25, 0.3) is 6.08 Å². The highest BCUT2D eigenvalue weighted by atomic mass is 16.5. The maximum Gasteiger partial charge on any atom is 0.354 e. The monoisotopic (exact) mass is 367 g/mol. The Morgan fingerprint density at radius 2 is 1.52 bits per heavy atom. The van der Waals surface area contributed by atoms with Crippen LogP contribution in [0.15, 0.2) is 54.2 Å². The molecule has 0 atom stereocenters. The van der Waals surface area contributed by atoms with E-state index in [4.69, 9.17) is 9.47 Å². The first-order valence-electron chi connectivity index (χ1n) is 8.60. The van der Waals surface area contributed by atoms with Gasteiger partial charge < -0.3 is 14.8 Å². The lowest BCUT2D eigenvalue weighted by atomic mass is 9.87. The van der Waals surface area contributed by atoms with E-state index in [1.807, 2.05) is 12.1 Å². The van der Waals surface area contributed by atoms with E-state index in [0.717, 1.165) is 11.1 Å². The molecule has 0 saturated heterocycles. The van der Waals surface area contributed by atoms with Crippen molar-refractivity contribution in [2.45, 2.75) is 26.2 Å². The van der Waals surface area contributed by atoms with Crippen molar-refractivity contribution < 1.29 is 19.1 Å². The van der Waals surface area contributed by atoms with Gasteiger partial charge in [-0.3, -0.25) is 4.79 Å². The van der Waals surface area contributed by atoms with Gasteiger partial charge in [0.2, 0.25) is 0 Å². The van der Waals surface area contributed by atoms with Crippen LogP contribution < -0.4 is 10.1 Å². The second-order valence-electron chi connectivity index (χ2n) is 7.10. The Morgan fingerprint density at radius 3 is 2.00 bits per heavy atom. The number of ether oxygens (including phenoxy) is 2. The number of methoxy groups -OCH3 is 2. The van der Waals surface area contributed by atoms with Crippen LogP contribution in [0, 0.1) is 0 Å². The van der Waals surface area contributed by atoms with E-state index in [0.29, 0.717) is 11.3 Å². The minimum absolute atomic E-state index is 0.000448. The van der Waals surface area contributed by atoms with Crippen molar-refractivity contribution in [3.8, 4) is 5.75 Å². The van der Waals surface area contributed by atoms with Gasteiger partial charge in [0.1, 0.15) is 11.4 Å². The molecule has 0 aliphatic heterocycles. The molecule has 0 unspecified atom stereocenters. The molecule has 0 aliphatic carbocycles. The molecule has 0 aliphatic rings. The molecule has 0 heterocycles. The Hall–Kier alpha value is -3.08. The fraction of sp³-hybridized carbons (Fsp3) is 0.273. The van der Waals surface area contributed by atoms with Gasteiger partial charge in [-0.1, -0.05) is 45.0 Å². The fourth-order valence-electron chi connectivity index (χ4n) is 2.44. The molecule has 5 nitrogen and oxygen atoms in total. The van der Waals surface area contributed by atoms with E-state index in [1.54, 1.807) is 49.6 Å². The Labute approximate surface area is 160 Å². The normalized spacial score (nSPS) is 11.7. The summed E-state index contributed by atoms with van der Waals surface area (Å²) in [7, 11) is 2.85. The van der Waals surface area contributed by atoms with Gasteiger partial charge in [0.25, 0.3) is 5.91 Å². The van der Waals surface area contributed by atoms with Crippen LogP contribution in [0.3, 0.4) is 0 Å². The summed E-state index contributed by atoms with van der Waals surface area (Å²) in [5.41, 5.74) is 2.39. The number of benzene rings is 2. The molecule has 5 heteroatoms. The van der Waals surface area contributed by atoms with Gasteiger partial charge in [-0.2, -0.15) is 0 Å². The molecular weight excluding hydrogens is 342 g/mol. The van der Waals surface area contributed by atoms with Gasteiger partial charge in [0.05, 0.1) is 14.2 Å². The Kier molecular flexibility index (Phi) is 6.40. The number of carbonyl (C=O) groups is 2. The summed E-state index contributed by atoms with van der Waals surface area (Å²) < 4.78 is 9.90. The van der Waals surface area contributed by atoms with Crippen molar-refractivity contribution in [3.05, 3.63) is 70.9 Å². The summed E-state index contributed by atoms with van der Waals surface area (Å²) >= 11 is 0. The van der Waals surface area contributed by atoms with E-state index in [9.17, 15) is 9.59 Å². The van der Waals surface area contributed by atoms with Gasteiger partial charge in [-0.25, -0.2) is 4.79 Å². The molecule has 2 aromatic rings. The van der Waals surface area contributed by atoms with Crippen LogP contribution >= 0.6 is 0 Å². The summed E-state index contributed by atoms with van der Waals surface area (Å²) in [6, 6.07) is 14.4. The Morgan fingerprint density at radius 1 is 0.926 bits per heavy atom. The largest absolute Gasteiger partial charge is 0.497 e. The van der Waals surface area contributed by atoms with Crippen molar-refractivity contribution in [2.24, 2.45) is 0 Å². The van der Waals surface area contributed by atoms with E-state index < -0.39 is 5.97 Å². The first-order chi connectivity index (χ1) is 12.7. The van der Waals surface area contributed by atoms with Crippen LogP contribution in [0.5, 0.6) is 5.75 Å².